The molecule has 99 heavy (non-hydrogen) atoms. The Bertz CT molecular complexity index is 4650. The monoisotopic (exact) mass is 1470 g/mol. The van der Waals surface area contributed by atoms with Gasteiger partial charge in [0.25, 0.3) is 5.91 Å². The minimum absolute atomic E-state index is 0. The third kappa shape index (κ3) is 15.1. The van der Waals surface area contributed by atoms with Crippen molar-refractivity contribution in [3.63, 3.8) is 0 Å². The maximum absolute atomic E-state index is 14.1. The lowest BCUT2D eigenvalue weighted by Gasteiger charge is -2.27. The zero-order valence-electron chi connectivity index (χ0n) is 55.2. The van der Waals surface area contributed by atoms with Crippen LogP contribution in [0.15, 0.2) is 174 Å². The summed E-state index contributed by atoms with van der Waals surface area (Å²) >= 11 is 4.76. The van der Waals surface area contributed by atoms with Crippen molar-refractivity contribution in [1.82, 2.24) is 20.4 Å². The van der Waals surface area contributed by atoms with Gasteiger partial charge in [0.2, 0.25) is 0 Å². The van der Waals surface area contributed by atoms with Gasteiger partial charge < -0.3 is 14.6 Å². The Morgan fingerprint density at radius 2 is 0.737 bits per heavy atom. The molecule has 0 spiro atoms. The van der Waals surface area contributed by atoms with Crippen LogP contribution in [-0.2, 0) is 50.3 Å². The van der Waals surface area contributed by atoms with E-state index < -0.39 is 33.5 Å². The van der Waals surface area contributed by atoms with Gasteiger partial charge in [-0.1, -0.05) is 96.6 Å². The first kappa shape index (κ1) is 78.5. The molecule has 0 bridgehead atoms. The molecule has 23 heteroatoms. The summed E-state index contributed by atoms with van der Waals surface area (Å²) in [4.78, 5) is 62.7. The number of halogens is 4. The number of ether oxygens (including phenoxy) is 2. The molecule has 0 unspecified atom stereocenters. The minimum atomic E-state index is -1.18. The second-order valence-electron chi connectivity index (χ2n) is 24.4. The molecule has 0 saturated carbocycles. The Morgan fingerprint density at radius 3 is 1.07 bits per heavy atom. The third-order valence-corrected chi connectivity index (χ3v) is 21.5. The summed E-state index contributed by atoms with van der Waals surface area (Å²) in [5.41, 5.74) is 17.5. The Labute approximate surface area is 611 Å². The largest absolute Gasteiger partial charge is 0.480 e. The van der Waals surface area contributed by atoms with Crippen LogP contribution in [0.25, 0.3) is 47.4 Å². The van der Waals surface area contributed by atoms with E-state index in [9.17, 15) is 47.1 Å². The molecule has 3 heterocycles. The number of carbonyl (C=O) groups is 4. The Morgan fingerprint density at radius 1 is 0.434 bits per heavy atom. The number of aromatic nitrogens is 3. The fourth-order valence-electron chi connectivity index (χ4n) is 13.9. The van der Waals surface area contributed by atoms with Gasteiger partial charge in [0, 0.05) is 0 Å². The Kier molecular flexibility index (Phi) is 25.9. The normalized spacial score (nSPS) is 19.5. The van der Waals surface area contributed by atoms with Crippen LogP contribution in [0.5, 0.6) is 0 Å². The summed E-state index contributed by atoms with van der Waals surface area (Å²) in [6.07, 6.45) is 12.5. The molecule has 10 aromatic rings. The number of hydrogen-bond acceptors (Lipinski definition) is 13. The third-order valence-electron chi connectivity index (χ3n) is 19.1. The van der Waals surface area contributed by atoms with Crippen LogP contribution in [0.1, 0.15) is 119 Å². The molecule has 1 amide bonds. The lowest BCUT2D eigenvalue weighted by molar-refractivity contribution is -0.146. The number of methoxy groups -OCH3 is 2. The molecule has 4 atom stereocenters. The first-order chi connectivity index (χ1) is 45.6. The van der Waals surface area contributed by atoms with E-state index in [2.05, 4.69) is 27.1 Å². The number of carboxylic acid groups (broad SMARTS) is 1. The first-order valence-corrected chi connectivity index (χ1v) is 33.5. The van der Waals surface area contributed by atoms with Gasteiger partial charge in [0.1, 0.15) is 39.5 Å². The van der Waals surface area contributed by atoms with Crippen LogP contribution >= 0.6 is 88.0 Å². The number of nitrogens with zero attached hydrogens (tertiary/aromatic N) is 3. The fraction of sp³-hybridized carbons (Fsp3) is 0.250. The van der Waals surface area contributed by atoms with Gasteiger partial charge >= 0.3 is 17.9 Å². The molecule has 4 aliphatic carbocycles. The number of fused-ring (bicyclic) bond motifs is 3. The van der Waals surface area contributed by atoms with Gasteiger partial charge in [-0.25, -0.2) is 38.0 Å². The number of hydrogen-bond donors (Lipinski definition) is 3. The molecule has 0 radical (unpaired) electrons. The average Bonchev–Trinajstić information content (AvgIpc) is 1.66. The molecular weight excluding hydrogens is 1400 g/mol. The van der Waals surface area contributed by atoms with E-state index in [-0.39, 0.29) is 89.2 Å². The molecular formula is C76H76F4N4O8S7. The fourth-order valence-corrected chi connectivity index (χ4v) is 15.9. The highest BCUT2D eigenvalue weighted by atomic mass is 32.1. The van der Waals surface area contributed by atoms with E-state index in [1.54, 1.807) is 121 Å². The van der Waals surface area contributed by atoms with Crippen LogP contribution in [0.3, 0.4) is 0 Å². The van der Waals surface area contributed by atoms with Gasteiger partial charge in [0.05, 0.1) is 66.8 Å². The number of rotatable bonds is 11. The highest BCUT2D eigenvalue weighted by Gasteiger charge is 2.47. The predicted molar refractivity (Wildman–Crippen MR) is 408 cm³/mol. The number of benzene rings is 7. The van der Waals surface area contributed by atoms with E-state index in [1.807, 2.05) is 85.3 Å². The summed E-state index contributed by atoms with van der Waals surface area (Å²) in [6, 6.07) is 37.3. The number of amides is 1. The summed E-state index contributed by atoms with van der Waals surface area (Å²) in [5, 5.41) is 19.3. The maximum Gasteiger partial charge on any atom is 0.320 e. The molecule has 518 valence electrons. The Hall–Kier alpha value is -7.87. The molecule has 0 saturated heterocycles. The number of aliphatic carboxylic acids is 1. The van der Waals surface area contributed by atoms with Crippen LogP contribution in [-0.4, -0.2) is 63.3 Å². The molecule has 3 aromatic heterocycles. The molecule has 3 N–H and O–H groups in total. The summed E-state index contributed by atoms with van der Waals surface area (Å²) in [6.45, 7) is 8.70. The molecule has 7 aromatic carbocycles. The van der Waals surface area contributed by atoms with E-state index in [1.165, 1.54) is 38.5 Å². The van der Waals surface area contributed by atoms with Crippen LogP contribution in [0, 0.1) is 51.0 Å². The average molecular weight is 1470 g/mol. The van der Waals surface area contributed by atoms with Gasteiger partial charge in [-0.05, 0) is 225 Å². The molecule has 12 nitrogen and oxygen atoms in total. The van der Waals surface area contributed by atoms with Crippen molar-refractivity contribution in [1.29, 1.82) is 0 Å². The SMILES string of the molecule is COC(=O)[C@]1(c2cccc(F)c2C)C=C(C)CC1.COC(=O)[C@]1(c2cccc(F)c2C)C=C(c2ccc3scnc3c2)CC1.Cc1c(F)cccc1[C@@]1(C(=O)NO)C=C(c2ccc3scnc3c2)CC1.Cc1c(F)cccc1[C@@]1(C(=O)O)C=C(c2ccc3scnc3c2)CC1.S.S.S.S. The standard InChI is InChI=1S/C21H18FNO2S.C20H17FN2O2S.C20H16FNO2S.C15H17FO2.4H2S/c1-13-16(4-3-5-17(13)22)21(20(24)25-2)9-8-15(11-21)14-6-7-19-18(10-14)23-12-26-19;1-12-15(3-2-4-16(12)21)20(19(24)23-25)8-7-14(10-20)13-5-6-18-17(9-13)22-11-26-18;1-12-15(3-2-4-16(12)21)20(19(23)24)8-7-14(10-20)13-5-6-18-17(9-13)22-11-25-18;1-10-7-8-15(9-10,14(17)18-3)12-5-4-6-13(16)11(12)2;;;;/h3-7,10-12H,8-9H2,1-2H3;2-6,9-11,25H,7-8H2,1H3,(H,23,24);2-6,9-11H,7-8H2,1H3,(H,23,24);4-6,9H,7-8H2,1-3H3;4*1H2/t21-;2*20-;15-;;;;/m0000..../s1. The number of carbonyl (C=O) groups excluding carboxylic acids is 3. The van der Waals surface area contributed by atoms with Gasteiger partial charge in [-0.15, -0.1) is 34.0 Å². The van der Waals surface area contributed by atoms with Crippen LogP contribution in [0.2, 0.25) is 0 Å². The van der Waals surface area contributed by atoms with Crippen molar-refractivity contribution < 1.29 is 56.5 Å². The van der Waals surface area contributed by atoms with Crippen molar-refractivity contribution in [3.8, 4) is 0 Å². The number of nitrogens with one attached hydrogen (secondary N) is 1. The highest BCUT2D eigenvalue weighted by molar-refractivity contribution is 7.59. The minimum Gasteiger partial charge on any atom is -0.480 e. The number of allylic oxidation sites excluding steroid dienone is 4. The van der Waals surface area contributed by atoms with Crippen molar-refractivity contribution >= 4 is 159 Å². The zero-order chi connectivity index (χ0) is 67.6. The van der Waals surface area contributed by atoms with Gasteiger partial charge in [0.15, 0.2) is 0 Å². The number of thiazole rings is 3. The van der Waals surface area contributed by atoms with Crippen LogP contribution in [0.4, 0.5) is 17.6 Å². The van der Waals surface area contributed by atoms with Crippen LogP contribution < -0.4 is 5.48 Å². The van der Waals surface area contributed by atoms with Crippen molar-refractivity contribution in [2.75, 3.05) is 14.2 Å². The molecule has 14 rings (SSSR count). The second-order valence-corrected chi connectivity index (χ2v) is 27.0. The zero-order valence-corrected chi connectivity index (χ0v) is 61.7. The topological polar surface area (TPSA) is 178 Å². The lowest BCUT2D eigenvalue weighted by atomic mass is 9.77. The van der Waals surface area contributed by atoms with E-state index in [4.69, 9.17) is 9.47 Å². The molecule has 4 aliphatic rings. The summed E-state index contributed by atoms with van der Waals surface area (Å²) < 4.78 is 69.3. The number of carboxylic acids is 1. The molecule has 0 fully saturated rings. The van der Waals surface area contributed by atoms with Gasteiger partial charge in [-0.2, -0.15) is 54.0 Å². The van der Waals surface area contributed by atoms with E-state index >= 15 is 0 Å². The smallest absolute Gasteiger partial charge is 0.320 e. The highest BCUT2D eigenvalue weighted by Crippen LogP contribution is 2.49. The predicted octanol–water partition coefficient (Wildman–Crippen LogP) is 18.1. The van der Waals surface area contributed by atoms with Crippen molar-refractivity contribution in [3.05, 3.63) is 258 Å². The maximum atomic E-state index is 14.1. The number of esters is 2. The summed E-state index contributed by atoms with van der Waals surface area (Å²) in [7, 11) is 2.76. The lowest BCUT2D eigenvalue weighted by Crippen LogP contribution is -2.41. The van der Waals surface area contributed by atoms with Crippen molar-refractivity contribution in [2.24, 2.45) is 0 Å². The number of hydroxylamine groups is 1. The Balaban J connectivity index is 0.000000185. The molecule has 0 aliphatic heterocycles. The quantitative estimate of drug-likeness (QED) is 0.0369. The summed E-state index contributed by atoms with van der Waals surface area (Å²) in [5.74, 6) is -3.47. The van der Waals surface area contributed by atoms with E-state index in [0.29, 0.717) is 83.0 Å². The second kappa shape index (κ2) is 32.6. The van der Waals surface area contributed by atoms with E-state index in [0.717, 1.165) is 82.5 Å². The van der Waals surface area contributed by atoms with Crippen molar-refractivity contribution in [2.45, 2.75) is 108 Å². The first-order valence-electron chi connectivity index (χ1n) is 30.8. The van der Waals surface area contributed by atoms with Gasteiger partial charge in [-0.3, -0.25) is 24.4 Å².